The Morgan fingerprint density at radius 3 is 2.30 bits per heavy atom. The summed E-state index contributed by atoms with van der Waals surface area (Å²) in [6, 6.07) is 6.05. The molecule has 0 spiro atoms. The number of aromatic hydroxyl groups is 1. The number of epoxide rings is 1. The molecule has 3 saturated heterocycles. The van der Waals surface area contributed by atoms with Crippen LogP contribution in [0.25, 0.3) is 6.08 Å². The van der Waals surface area contributed by atoms with Crippen LogP contribution in [-0.4, -0.2) is 146 Å². The summed E-state index contributed by atoms with van der Waals surface area (Å²) in [5, 5.41) is 82.0. The van der Waals surface area contributed by atoms with Crippen molar-refractivity contribution in [2.45, 2.75) is 92.4 Å². The minimum atomic E-state index is -1.70. The van der Waals surface area contributed by atoms with E-state index < -0.39 is 117 Å². The number of aliphatic hydroxyl groups is 7. The van der Waals surface area contributed by atoms with E-state index in [1.165, 1.54) is 31.4 Å². The van der Waals surface area contributed by atoms with Crippen LogP contribution in [0.15, 0.2) is 42.7 Å². The molecule has 1 aromatic rings. The van der Waals surface area contributed by atoms with Gasteiger partial charge in [0.25, 0.3) is 0 Å². The lowest BCUT2D eigenvalue weighted by Crippen LogP contribution is -2.60. The first-order valence-corrected chi connectivity index (χ1v) is 14.9. The van der Waals surface area contributed by atoms with E-state index in [1.54, 1.807) is 18.2 Å². The molecule has 16 nitrogen and oxygen atoms in total. The number of hydrogen-bond donors (Lipinski definition) is 8. The lowest BCUT2D eigenvalue weighted by atomic mass is 9.85. The number of benzene rings is 1. The summed E-state index contributed by atoms with van der Waals surface area (Å²) in [5.41, 5.74) is -0.627. The number of ether oxygens (including phenoxy) is 7. The molecule has 1 saturated carbocycles. The molecule has 8 N–H and O–H groups in total. The van der Waals surface area contributed by atoms with E-state index in [0.29, 0.717) is 5.56 Å². The molecule has 1 aromatic carbocycles. The first kappa shape index (κ1) is 33.2. The van der Waals surface area contributed by atoms with Gasteiger partial charge in [0.1, 0.15) is 54.1 Å². The molecule has 0 radical (unpaired) electrons. The zero-order chi connectivity index (χ0) is 32.9. The van der Waals surface area contributed by atoms with Crippen LogP contribution in [0.1, 0.15) is 12.5 Å². The molecule has 16 atom stereocenters. The summed E-state index contributed by atoms with van der Waals surface area (Å²) in [7, 11) is 0. The standard InChI is InChI=1S/C30H38O16/c1-12-19(35)25(43-17(34)7-4-13-2-5-14(33)6-3-13)23(39)29(41-12)44-24-15-8-9-40-27(18(15)30(11-32)26(24)46-30)45-28-22(38)21(37)20(36)16(10-31)42-28/h2-9,12,15-16,18-29,31-33,35-39H,10-11H2,1H3/b7-4+/t12-,15+,16+,18+,19-,20+,21-,22+,23+,24-,25+,26-,27-,28-,29-,30+/m0/s1. The monoisotopic (exact) mass is 654 g/mol. The number of hydrogen-bond acceptors (Lipinski definition) is 16. The quantitative estimate of drug-likeness (QED) is 0.0763. The largest absolute Gasteiger partial charge is 0.508 e. The first-order chi connectivity index (χ1) is 22.0. The average molecular weight is 655 g/mol. The lowest BCUT2D eigenvalue weighted by molar-refractivity contribution is -0.347. The van der Waals surface area contributed by atoms with Gasteiger partial charge in [0.2, 0.25) is 6.29 Å². The molecule has 0 unspecified atom stereocenters. The van der Waals surface area contributed by atoms with Gasteiger partial charge in [0, 0.05) is 12.0 Å². The van der Waals surface area contributed by atoms with Crippen LogP contribution >= 0.6 is 0 Å². The van der Waals surface area contributed by atoms with Crippen molar-refractivity contribution in [2.75, 3.05) is 13.2 Å². The molecule has 0 aromatic heterocycles. The Bertz CT molecular complexity index is 1290. The molecule has 16 heteroatoms. The number of carbonyl (C=O) groups excluding carboxylic acids is 1. The second kappa shape index (κ2) is 13.1. The number of fused-ring (bicyclic) bond motifs is 3. The molecule has 5 aliphatic rings. The second-order valence-electron chi connectivity index (χ2n) is 12.0. The topological polar surface area (TPSA) is 247 Å². The van der Waals surface area contributed by atoms with Crippen molar-refractivity contribution in [3.05, 3.63) is 48.2 Å². The highest BCUT2D eigenvalue weighted by Gasteiger charge is 2.77. The number of carbonyl (C=O) groups is 1. The maximum absolute atomic E-state index is 12.6. The summed E-state index contributed by atoms with van der Waals surface area (Å²) in [5.74, 6) is -2.12. The van der Waals surface area contributed by atoms with Crippen molar-refractivity contribution in [3.8, 4) is 5.75 Å². The fourth-order valence-electron chi connectivity index (χ4n) is 6.64. The van der Waals surface area contributed by atoms with Gasteiger partial charge in [-0.3, -0.25) is 0 Å². The third kappa shape index (κ3) is 5.93. The Morgan fingerprint density at radius 2 is 1.61 bits per heavy atom. The highest BCUT2D eigenvalue weighted by atomic mass is 16.8. The number of phenols is 1. The molecule has 6 rings (SSSR count). The number of esters is 1. The molecular weight excluding hydrogens is 616 g/mol. The predicted octanol–water partition coefficient (Wildman–Crippen LogP) is -2.77. The maximum atomic E-state index is 12.6. The molecule has 254 valence electrons. The van der Waals surface area contributed by atoms with Crippen molar-refractivity contribution in [3.63, 3.8) is 0 Å². The Labute approximate surface area is 262 Å². The molecule has 1 aliphatic carbocycles. The Balaban J connectivity index is 1.15. The summed E-state index contributed by atoms with van der Waals surface area (Å²) in [6.07, 6.45) is -11.8. The smallest absolute Gasteiger partial charge is 0.331 e. The summed E-state index contributed by atoms with van der Waals surface area (Å²) in [4.78, 5) is 12.6. The highest BCUT2D eigenvalue weighted by molar-refractivity contribution is 5.87. The van der Waals surface area contributed by atoms with Crippen LogP contribution < -0.4 is 0 Å². The van der Waals surface area contributed by atoms with Gasteiger partial charge in [-0.2, -0.15) is 0 Å². The molecule has 4 fully saturated rings. The fraction of sp³-hybridized carbons (Fsp3) is 0.633. The Hall–Kier alpha value is -2.71. The van der Waals surface area contributed by atoms with Gasteiger partial charge in [-0.1, -0.05) is 12.1 Å². The van der Waals surface area contributed by atoms with E-state index in [-0.39, 0.29) is 5.75 Å². The minimum absolute atomic E-state index is 0.0581. The van der Waals surface area contributed by atoms with E-state index in [0.717, 1.165) is 6.08 Å². The van der Waals surface area contributed by atoms with E-state index in [4.69, 9.17) is 33.2 Å². The van der Waals surface area contributed by atoms with Crippen LogP contribution in [0.5, 0.6) is 5.75 Å². The second-order valence-corrected chi connectivity index (χ2v) is 12.0. The van der Waals surface area contributed by atoms with Crippen LogP contribution in [0.3, 0.4) is 0 Å². The van der Waals surface area contributed by atoms with E-state index in [9.17, 15) is 45.6 Å². The van der Waals surface area contributed by atoms with Crippen molar-refractivity contribution in [2.24, 2.45) is 11.8 Å². The Kier molecular flexibility index (Phi) is 9.43. The van der Waals surface area contributed by atoms with Crippen LogP contribution in [0.2, 0.25) is 0 Å². The Morgan fingerprint density at radius 1 is 0.891 bits per heavy atom. The average Bonchev–Trinajstić information content (AvgIpc) is 3.72. The predicted molar refractivity (Wildman–Crippen MR) is 149 cm³/mol. The number of rotatable bonds is 9. The minimum Gasteiger partial charge on any atom is -0.508 e. The zero-order valence-corrected chi connectivity index (χ0v) is 24.5. The summed E-state index contributed by atoms with van der Waals surface area (Å²) >= 11 is 0. The van der Waals surface area contributed by atoms with Gasteiger partial charge < -0.3 is 74.0 Å². The van der Waals surface area contributed by atoms with E-state index >= 15 is 0 Å². The highest BCUT2D eigenvalue weighted by Crippen LogP contribution is 2.61. The lowest BCUT2D eigenvalue weighted by Gasteiger charge is -2.44. The number of phenolic OH excluding ortho intramolecular Hbond substituents is 1. The van der Waals surface area contributed by atoms with Gasteiger partial charge in [-0.15, -0.1) is 0 Å². The number of aliphatic hydroxyl groups excluding tert-OH is 7. The van der Waals surface area contributed by atoms with Gasteiger partial charge in [-0.25, -0.2) is 4.79 Å². The molecule has 0 amide bonds. The molecule has 0 bridgehead atoms. The van der Waals surface area contributed by atoms with Crippen molar-refractivity contribution in [1.29, 1.82) is 0 Å². The van der Waals surface area contributed by atoms with Crippen LogP contribution in [-0.2, 0) is 38.0 Å². The summed E-state index contributed by atoms with van der Waals surface area (Å²) in [6.45, 7) is 0.370. The third-order valence-corrected chi connectivity index (χ3v) is 9.23. The SMILES string of the molecule is C[C@@H]1O[C@@H](O[C@H]2[C@@H]3C=CO[C@@H](O[C@@H]4O[C@H](CO)[C@@H](O)[C@H](O)[C@H]4O)[C@@H]3[C@@]3(CO)O[C@@H]23)[C@H](O)[C@H](OC(=O)/C=C/c2ccc(O)cc2)[C@H]1O. The normalized spacial score (nSPS) is 46.4. The molecule has 4 aliphatic heterocycles. The van der Waals surface area contributed by atoms with E-state index in [1.807, 2.05) is 0 Å². The van der Waals surface area contributed by atoms with Gasteiger partial charge >= 0.3 is 5.97 Å². The van der Waals surface area contributed by atoms with Crippen molar-refractivity contribution in [1.82, 2.24) is 0 Å². The zero-order valence-electron chi connectivity index (χ0n) is 24.5. The van der Waals surface area contributed by atoms with Crippen LogP contribution in [0, 0.1) is 11.8 Å². The van der Waals surface area contributed by atoms with Crippen LogP contribution in [0.4, 0.5) is 0 Å². The van der Waals surface area contributed by atoms with E-state index in [2.05, 4.69) is 0 Å². The van der Waals surface area contributed by atoms with Gasteiger partial charge in [-0.05, 0) is 36.8 Å². The summed E-state index contributed by atoms with van der Waals surface area (Å²) < 4.78 is 40.3. The molecule has 4 heterocycles. The third-order valence-electron chi connectivity index (χ3n) is 9.23. The molecule has 46 heavy (non-hydrogen) atoms. The molecular formula is C30H38O16. The first-order valence-electron chi connectivity index (χ1n) is 14.9. The maximum Gasteiger partial charge on any atom is 0.331 e. The van der Waals surface area contributed by atoms with Crippen molar-refractivity contribution < 1.29 is 78.8 Å². The van der Waals surface area contributed by atoms with Gasteiger partial charge in [0.15, 0.2) is 18.7 Å². The fourth-order valence-corrected chi connectivity index (χ4v) is 6.64. The van der Waals surface area contributed by atoms with Gasteiger partial charge in [0.05, 0.1) is 37.6 Å². The van der Waals surface area contributed by atoms with Crippen molar-refractivity contribution >= 4 is 12.0 Å².